The standard InChI is InChI=1S/C22H25FN2O2/c1-2-22(10-6-3-7-11-22)25-21(27)15-13-19-16(12-17(15)23)20(26)14-8-4-5-9-18(14)24-19/h4-5,8-9,12-13,16,19,24H,2-3,6-7,10-11H2,1H3,(H,25,27). The van der Waals surface area contributed by atoms with Crippen LogP contribution in [-0.4, -0.2) is 23.3 Å². The van der Waals surface area contributed by atoms with Gasteiger partial charge in [-0.15, -0.1) is 0 Å². The predicted octanol–water partition coefficient (Wildman–Crippen LogP) is 4.30. The Bertz CT molecular complexity index is 836. The smallest absolute Gasteiger partial charge is 0.254 e. The Labute approximate surface area is 158 Å². The highest BCUT2D eigenvalue weighted by Gasteiger charge is 2.39. The minimum atomic E-state index is -0.619. The van der Waals surface area contributed by atoms with E-state index in [1.807, 2.05) is 12.1 Å². The summed E-state index contributed by atoms with van der Waals surface area (Å²) in [5, 5.41) is 6.38. The maximum Gasteiger partial charge on any atom is 0.254 e. The summed E-state index contributed by atoms with van der Waals surface area (Å²) in [4.78, 5) is 25.6. The summed E-state index contributed by atoms with van der Waals surface area (Å²) in [5.74, 6) is -1.71. The second-order valence-corrected chi connectivity index (χ2v) is 7.85. The number of amides is 1. The van der Waals surface area contributed by atoms with Crippen molar-refractivity contribution >= 4 is 17.4 Å². The van der Waals surface area contributed by atoms with Crippen LogP contribution in [0.25, 0.3) is 0 Å². The fourth-order valence-corrected chi connectivity index (χ4v) is 4.55. The van der Waals surface area contributed by atoms with Crippen LogP contribution >= 0.6 is 0 Å². The molecule has 0 aromatic heterocycles. The molecule has 2 unspecified atom stereocenters. The van der Waals surface area contributed by atoms with Gasteiger partial charge in [0.05, 0.1) is 17.5 Å². The van der Waals surface area contributed by atoms with E-state index in [9.17, 15) is 14.0 Å². The first-order valence-electron chi connectivity index (χ1n) is 9.85. The highest BCUT2D eigenvalue weighted by atomic mass is 19.1. The summed E-state index contributed by atoms with van der Waals surface area (Å²) >= 11 is 0. The maximum absolute atomic E-state index is 14.8. The molecule has 4 nitrogen and oxygen atoms in total. The minimum Gasteiger partial charge on any atom is -0.377 e. The van der Waals surface area contributed by atoms with Crippen LogP contribution in [0.5, 0.6) is 0 Å². The summed E-state index contributed by atoms with van der Waals surface area (Å²) in [6, 6.07) is 6.82. The lowest BCUT2D eigenvalue weighted by Crippen LogP contribution is -2.50. The molecule has 1 aromatic carbocycles. The Morgan fingerprint density at radius 2 is 1.96 bits per heavy atom. The van der Waals surface area contributed by atoms with E-state index in [1.165, 1.54) is 12.5 Å². The van der Waals surface area contributed by atoms with Crippen molar-refractivity contribution in [2.75, 3.05) is 5.32 Å². The lowest BCUT2D eigenvalue weighted by Gasteiger charge is -2.38. The van der Waals surface area contributed by atoms with Gasteiger partial charge in [-0.2, -0.15) is 0 Å². The van der Waals surface area contributed by atoms with Gasteiger partial charge in [-0.25, -0.2) is 4.39 Å². The third kappa shape index (κ3) is 3.20. The van der Waals surface area contributed by atoms with Gasteiger partial charge >= 0.3 is 0 Å². The van der Waals surface area contributed by atoms with Gasteiger partial charge in [0.15, 0.2) is 5.78 Å². The number of hydrogen-bond acceptors (Lipinski definition) is 3. The molecule has 5 heteroatoms. The number of fused-ring (bicyclic) bond motifs is 2. The molecule has 3 aliphatic rings. The van der Waals surface area contributed by atoms with Gasteiger partial charge in [-0.1, -0.05) is 38.3 Å². The Hall–Kier alpha value is -2.43. The first-order chi connectivity index (χ1) is 13.0. The number of carbonyl (C=O) groups excluding carboxylic acids is 2. The average molecular weight is 368 g/mol. The molecule has 1 aliphatic heterocycles. The predicted molar refractivity (Wildman–Crippen MR) is 103 cm³/mol. The lowest BCUT2D eigenvalue weighted by atomic mass is 9.78. The fraction of sp³-hybridized carbons (Fsp3) is 0.455. The lowest BCUT2D eigenvalue weighted by molar-refractivity contribution is -0.119. The maximum atomic E-state index is 14.8. The molecule has 1 aromatic rings. The Morgan fingerprint density at radius 1 is 1.22 bits per heavy atom. The number of benzene rings is 1. The molecule has 1 amide bonds. The van der Waals surface area contributed by atoms with Crippen molar-refractivity contribution in [2.45, 2.75) is 57.0 Å². The Balaban J connectivity index is 1.59. The van der Waals surface area contributed by atoms with Crippen LogP contribution < -0.4 is 10.6 Å². The zero-order valence-corrected chi connectivity index (χ0v) is 15.6. The molecule has 1 heterocycles. The SMILES string of the molecule is CCC1(NC(=O)C2=CC3Nc4ccccc4C(=O)C3C=C2F)CCCCC1. The van der Waals surface area contributed by atoms with E-state index >= 15 is 0 Å². The van der Waals surface area contributed by atoms with E-state index in [4.69, 9.17) is 0 Å². The normalized spacial score (nSPS) is 26.1. The van der Waals surface area contributed by atoms with Crippen molar-refractivity contribution in [1.82, 2.24) is 5.32 Å². The van der Waals surface area contributed by atoms with Crippen LogP contribution in [-0.2, 0) is 4.79 Å². The molecule has 4 rings (SSSR count). The average Bonchev–Trinajstić information content (AvgIpc) is 2.69. The molecule has 27 heavy (non-hydrogen) atoms. The third-order valence-corrected chi connectivity index (χ3v) is 6.24. The van der Waals surface area contributed by atoms with Crippen molar-refractivity contribution in [3.8, 4) is 0 Å². The molecule has 1 fully saturated rings. The number of hydrogen-bond donors (Lipinski definition) is 2. The summed E-state index contributed by atoms with van der Waals surface area (Å²) in [5.41, 5.74) is 1.09. The fourth-order valence-electron chi connectivity index (χ4n) is 4.55. The van der Waals surface area contributed by atoms with Gasteiger partial charge in [-0.05, 0) is 43.5 Å². The van der Waals surface area contributed by atoms with Crippen molar-refractivity contribution in [2.24, 2.45) is 5.92 Å². The minimum absolute atomic E-state index is 0.0364. The van der Waals surface area contributed by atoms with Crippen LogP contribution in [0.4, 0.5) is 10.1 Å². The van der Waals surface area contributed by atoms with E-state index in [-0.39, 0.29) is 22.8 Å². The van der Waals surface area contributed by atoms with Crippen LogP contribution in [0.1, 0.15) is 55.8 Å². The molecule has 2 aliphatic carbocycles. The first kappa shape index (κ1) is 18.0. The summed E-state index contributed by atoms with van der Waals surface area (Å²) < 4.78 is 14.8. The molecule has 142 valence electrons. The highest BCUT2D eigenvalue weighted by Crippen LogP contribution is 2.36. The topological polar surface area (TPSA) is 58.2 Å². The Kier molecular flexibility index (Phi) is 4.62. The second-order valence-electron chi connectivity index (χ2n) is 7.85. The molecular formula is C22H25FN2O2. The molecule has 2 atom stereocenters. The van der Waals surface area contributed by atoms with Gasteiger partial charge in [0.1, 0.15) is 5.83 Å². The molecule has 2 N–H and O–H groups in total. The second kappa shape index (κ2) is 6.95. The number of rotatable bonds is 3. The number of para-hydroxylation sites is 1. The van der Waals surface area contributed by atoms with Gasteiger partial charge < -0.3 is 10.6 Å². The van der Waals surface area contributed by atoms with Gasteiger partial charge in [0.25, 0.3) is 5.91 Å². The van der Waals surface area contributed by atoms with Crippen molar-refractivity contribution in [3.63, 3.8) is 0 Å². The molecule has 0 radical (unpaired) electrons. The van der Waals surface area contributed by atoms with Crippen LogP contribution in [0.2, 0.25) is 0 Å². The number of carbonyl (C=O) groups is 2. The van der Waals surface area contributed by atoms with E-state index < -0.39 is 17.8 Å². The monoisotopic (exact) mass is 368 g/mol. The van der Waals surface area contributed by atoms with Crippen molar-refractivity contribution in [3.05, 3.63) is 53.4 Å². The van der Waals surface area contributed by atoms with Crippen LogP contribution in [0, 0.1) is 5.92 Å². The zero-order valence-electron chi connectivity index (χ0n) is 15.6. The number of ketones is 1. The van der Waals surface area contributed by atoms with E-state index in [0.717, 1.165) is 37.8 Å². The molecule has 0 spiro atoms. The van der Waals surface area contributed by atoms with Crippen LogP contribution in [0.15, 0.2) is 47.8 Å². The summed E-state index contributed by atoms with van der Waals surface area (Å²) in [7, 11) is 0. The number of nitrogens with one attached hydrogen (secondary N) is 2. The van der Waals surface area contributed by atoms with Crippen LogP contribution in [0.3, 0.4) is 0 Å². The molecule has 0 bridgehead atoms. The third-order valence-electron chi connectivity index (χ3n) is 6.24. The van der Waals surface area contributed by atoms with Crippen molar-refractivity contribution < 1.29 is 14.0 Å². The Morgan fingerprint density at radius 3 is 2.70 bits per heavy atom. The summed E-state index contributed by atoms with van der Waals surface area (Å²) in [6.07, 6.45) is 8.94. The van der Waals surface area contributed by atoms with Gasteiger partial charge in [0, 0.05) is 16.8 Å². The number of halogens is 1. The van der Waals surface area contributed by atoms with Crippen molar-refractivity contribution in [1.29, 1.82) is 0 Å². The largest absolute Gasteiger partial charge is 0.377 e. The zero-order chi connectivity index (χ0) is 19.0. The molecule has 0 saturated heterocycles. The molecular weight excluding hydrogens is 343 g/mol. The number of Topliss-reactive ketones (excluding diaryl/α,β-unsaturated/α-hetero) is 1. The van der Waals surface area contributed by atoms with Gasteiger partial charge in [-0.3, -0.25) is 9.59 Å². The number of anilines is 1. The van der Waals surface area contributed by atoms with Gasteiger partial charge in [0.2, 0.25) is 0 Å². The quantitative estimate of drug-likeness (QED) is 0.836. The van der Waals surface area contributed by atoms with E-state index in [1.54, 1.807) is 18.2 Å². The van der Waals surface area contributed by atoms with E-state index in [0.29, 0.717) is 5.56 Å². The first-order valence-corrected chi connectivity index (χ1v) is 9.85. The van der Waals surface area contributed by atoms with E-state index in [2.05, 4.69) is 17.6 Å². The molecule has 1 saturated carbocycles. The highest BCUT2D eigenvalue weighted by molar-refractivity contribution is 6.07. The summed E-state index contributed by atoms with van der Waals surface area (Å²) in [6.45, 7) is 2.07.